The van der Waals surface area contributed by atoms with Gasteiger partial charge in [0.15, 0.2) is 0 Å². The van der Waals surface area contributed by atoms with Crippen LogP contribution in [-0.2, 0) is 11.3 Å². The van der Waals surface area contributed by atoms with Crippen LogP contribution in [-0.4, -0.2) is 64.5 Å². The predicted octanol–water partition coefficient (Wildman–Crippen LogP) is 3.77. The van der Waals surface area contributed by atoms with Crippen LogP contribution in [0.1, 0.15) is 52.0 Å². The van der Waals surface area contributed by atoms with E-state index in [0.717, 1.165) is 44.8 Å². The van der Waals surface area contributed by atoms with Crippen LogP contribution < -0.4 is 5.32 Å². The van der Waals surface area contributed by atoms with Gasteiger partial charge in [0.2, 0.25) is 0 Å². The quantitative estimate of drug-likeness (QED) is 0.766. The van der Waals surface area contributed by atoms with Crippen LogP contribution in [0.15, 0.2) is 30.3 Å². The zero-order chi connectivity index (χ0) is 21.3. The van der Waals surface area contributed by atoms with E-state index in [1.54, 1.807) is 4.90 Å². The third-order valence-electron chi connectivity index (χ3n) is 7.11. The highest BCUT2D eigenvalue weighted by atomic mass is 16.5. The fourth-order valence-corrected chi connectivity index (χ4v) is 5.86. The average molecular weight is 416 g/mol. The number of carboxylic acid groups (broad SMARTS) is 1. The number of carbonyl (C=O) groups is 1. The van der Waals surface area contributed by atoms with Crippen molar-refractivity contribution in [1.82, 2.24) is 15.1 Å². The smallest absolute Gasteiger partial charge is 0.408 e. The predicted molar refractivity (Wildman–Crippen MR) is 117 cm³/mol. The van der Waals surface area contributed by atoms with E-state index in [1.165, 1.54) is 12.0 Å². The Labute approximate surface area is 180 Å². The van der Waals surface area contributed by atoms with Crippen molar-refractivity contribution >= 4 is 6.09 Å². The van der Waals surface area contributed by atoms with Crippen molar-refractivity contribution in [1.29, 1.82) is 0 Å². The maximum Gasteiger partial charge on any atom is 0.408 e. The van der Waals surface area contributed by atoms with Crippen molar-refractivity contribution in [2.75, 3.05) is 19.7 Å². The fourth-order valence-electron chi connectivity index (χ4n) is 5.86. The van der Waals surface area contributed by atoms with E-state index >= 15 is 0 Å². The Kier molecular flexibility index (Phi) is 6.37. The Morgan fingerprint density at radius 1 is 1.20 bits per heavy atom. The molecular weight excluding hydrogens is 378 g/mol. The first kappa shape index (κ1) is 21.6. The van der Waals surface area contributed by atoms with Crippen LogP contribution in [0.25, 0.3) is 0 Å². The standard InChI is InChI=1S/C24H37N3O3/c1-24(2,3)27(23(28)29)21-10-7-13-30-22(21)25-20-12-11-18-15-26(16-19(18)20)14-17-8-5-4-6-9-17/h4-6,8-9,18-22,25H,7,10-16H2,1-3H3,(H,28,29)/t18-,19?,20?,21?,22?/m0/s1. The van der Waals surface area contributed by atoms with Crippen molar-refractivity contribution in [3.05, 3.63) is 35.9 Å². The molecule has 2 N–H and O–H groups in total. The van der Waals surface area contributed by atoms with Gasteiger partial charge in [-0.05, 0) is 63.9 Å². The number of fused-ring (bicyclic) bond motifs is 1. The maximum absolute atomic E-state index is 12.1. The van der Waals surface area contributed by atoms with Gasteiger partial charge in [-0.1, -0.05) is 30.3 Å². The molecule has 1 aromatic rings. The van der Waals surface area contributed by atoms with Crippen LogP contribution in [0.5, 0.6) is 0 Å². The molecule has 1 saturated carbocycles. The van der Waals surface area contributed by atoms with Gasteiger partial charge in [-0.3, -0.25) is 15.1 Å². The van der Waals surface area contributed by atoms with Gasteiger partial charge in [0.25, 0.3) is 0 Å². The zero-order valence-corrected chi connectivity index (χ0v) is 18.6. The molecule has 5 atom stereocenters. The largest absolute Gasteiger partial charge is 0.465 e. The minimum Gasteiger partial charge on any atom is -0.465 e. The van der Waals surface area contributed by atoms with Crippen molar-refractivity contribution in [3.63, 3.8) is 0 Å². The van der Waals surface area contributed by atoms with E-state index in [1.807, 2.05) is 20.8 Å². The summed E-state index contributed by atoms with van der Waals surface area (Å²) in [5.41, 5.74) is 0.926. The first-order valence-electron chi connectivity index (χ1n) is 11.5. The van der Waals surface area contributed by atoms with Crippen LogP contribution in [0.3, 0.4) is 0 Å². The first-order chi connectivity index (χ1) is 14.3. The molecule has 2 aliphatic heterocycles. The maximum atomic E-state index is 12.1. The van der Waals surface area contributed by atoms with Crippen LogP contribution >= 0.6 is 0 Å². The lowest BCUT2D eigenvalue weighted by Gasteiger charge is -2.46. The van der Waals surface area contributed by atoms with Gasteiger partial charge in [-0.2, -0.15) is 0 Å². The summed E-state index contributed by atoms with van der Waals surface area (Å²) in [4.78, 5) is 16.2. The van der Waals surface area contributed by atoms with E-state index < -0.39 is 11.6 Å². The molecule has 1 amide bonds. The van der Waals surface area contributed by atoms with Gasteiger partial charge in [0, 0.05) is 37.8 Å². The average Bonchev–Trinajstić information content (AvgIpc) is 3.24. The van der Waals surface area contributed by atoms with Gasteiger partial charge >= 0.3 is 6.09 Å². The highest BCUT2D eigenvalue weighted by Gasteiger charge is 2.46. The Bertz CT molecular complexity index is 720. The van der Waals surface area contributed by atoms with E-state index in [-0.39, 0.29) is 12.3 Å². The van der Waals surface area contributed by atoms with Crippen LogP contribution in [0.4, 0.5) is 4.79 Å². The number of hydrogen-bond acceptors (Lipinski definition) is 4. The van der Waals surface area contributed by atoms with Crippen molar-refractivity contribution in [3.8, 4) is 0 Å². The monoisotopic (exact) mass is 415 g/mol. The highest BCUT2D eigenvalue weighted by molar-refractivity contribution is 5.66. The lowest BCUT2D eigenvalue weighted by molar-refractivity contribution is -0.0862. The zero-order valence-electron chi connectivity index (χ0n) is 18.6. The molecular formula is C24H37N3O3. The van der Waals surface area contributed by atoms with E-state index in [4.69, 9.17) is 4.74 Å². The summed E-state index contributed by atoms with van der Waals surface area (Å²) in [5.74, 6) is 1.35. The molecule has 2 saturated heterocycles. The Morgan fingerprint density at radius 3 is 2.67 bits per heavy atom. The molecule has 3 aliphatic rings. The molecule has 1 aliphatic carbocycles. The number of rotatable bonds is 5. The molecule has 2 heterocycles. The molecule has 0 radical (unpaired) electrons. The Balaban J connectivity index is 1.41. The van der Waals surface area contributed by atoms with Gasteiger partial charge in [0.05, 0.1) is 6.04 Å². The van der Waals surface area contributed by atoms with Crippen molar-refractivity contribution < 1.29 is 14.6 Å². The molecule has 6 heteroatoms. The van der Waals surface area contributed by atoms with E-state index in [2.05, 4.69) is 40.5 Å². The lowest BCUT2D eigenvalue weighted by Crippen LogP contribution is -2.62. The summed E-state index contributed by atoms with van der Waals surface area (Å²) >= 11 is 0. The summed E-state index contributed by atoms with van der Waals surface area (Å²) in [6, 6.07) is 11.0. The molecule has 4 rings (SSSR count). The number of hydrogen-bond donors (Lipinski definition) is 2. The molecule has 3 fully saturated rings. The first-order valence-corrected chi connectivity index (χ1v) is 11.5. The third-order valence-corrected chi connectivity index (χ3v) is 7.11. The van der Waals surface area contributed by atoms with Crippen molar-refractivity contribution in [2.45, 2.75) is 76.8 Å². The number of benzene rings is 1. The van der Waals surface area contributed by atoms with Crippen LogP contribution in [0.2, 0.25) is 0 Å². The number of amides is 1. The van der Waals surface area contributed by atoms with Gasteiger partial charge in [0.1, 0.15) is 6.23 Å². The summed E-state index contributed by atoms with van der Waals surface area (Å²) in [5, 5.41) is 13.7. The third kappa shape index (κ3) is 4.66. The number of nitrogens with zero attached hydrogens (tertiary/aromatic N) is 2. The SMILES string of the molecule is CC(C)(C)N(C(=O)O)C1CCCOC1NC1CC[C@H]2CN(Cc3ccccc3)CC12. The summed E-state index contributed by atoms with van der Waals surface area (Å²) in [6.45, 7) is 9.89. The minimum atomic E-state index is -0.857. The molecule has 0 aromatic heterocycles. The number of likely N-dealkylation sites (tertiary alicyclic amines) is 1. The Morgan fingerprint density at radius 2 is 1.97 bits per heavy atom. The van der Waals surface area contributed by atoms with Gasteiger partial charge in [-0.15, -0.1) is 0 Å². The lowest BCUT2D eigenvalue weighted by atomic mass is 9.95. The second-order valence-corrected chi connectivity index (χ2v) is 10.3. The minimum absolute atomic E-state index is 0.142. The molecule has 0 bridgehead atoms. The van der Waals surface area contributed by atoms with E-state index in [0.29, 0.717) is 18.6 Å². The summed E-state index contributed by atoms with van der Waals surface area (Å²) in [6.07, 6.45) is 3.08. The summed E-state index contributed by atoms with van der Waals surface area (Å²) < 4.78 is 6.12. The molecule has 30 heavy (non-hydrogen) atoms. The topological polar surface area (TPSA) is 65.0 Å². The highest BCUT2D eigenvalue weighted by Crippen LogP contribution is 2.39. The second-order valence-electron chi connectivity index (χ2n) is 10.3. The number of nitrogens with one attached hydrogen (secondary N) is 1. The van der Waals surface area contributed by atoms with Crippen LogP contribution in [0, 0.1) is 11.8 Å². The second kappa shape index (κ2) is 8.85. The van der Waals surface area contributed by atoms with Gasteiger partial charge < -0.3 is 9.84 Å². The Hall–Kier alpha value is -1.63. The molecule has 0 spiro atoms. The molecule has 1 aromatic carbocycles. The normalized spacial score (nSPS) is 32.2. The van der Waals surface area contributed by atoms with Gasteiger partial charge in [-0.25, -0.2) is 4.79 Å². The number of ether oxygens (including phenoxy) is 1. The molecule has 166 valence electrons. The van der Waals surface area contributed by atoms with Crippen molar-refractivity contribution in [2.24, 2.45) is 11.8 Å². The van der Waals surface area contributed by atoms with E-state index in [9.17, 15) is 9.90 Å². The fraction of sp³-hybridized carbons (Fsp3) is 0.708. The summed E-state index contributed by atoms with van der Waals surface area (Å²) in [7, 11) is 0. The molecule has 4 unspecified atom stereocenters. The molecule has 6 nitrogen and oxygen atoms in total.